The summed E-state index contributed by atoms with van der Waals surface area (Å²) < 4.78 is 0. The lowest BCUT2D eigenvalue weighted by atomic mass is 9.81. The normalized spacial score (nSPS) is 20.8. The molecule has 0 radical (unpaired) electrons. The molecule has 1 aliphatic rings. The zero-order chi connectivity index (χ0) is 14.0. The Kier molecular flexibility index (Phi) is 3.61. The number of anilines is 1. The van der Waals surface area contributed by atoms with Gasteiger partial charge < -0.3 is 5.32 Å². The number of rotatable bonds is 2. The number of aryl methyl sites for hydroxylation is 1. The lowest BCUT2D eigenvalue weighted by Crippen LogP contribution is -2.31. The van der Waals surface area contributed by atoms with Crippen LogP contribution in [0.2, 0.25) is 0 Å². The predicted octanol–water partition coefficient (Wildman–Crippen LogP) is 3.63. The highest BCUT2D eigenvalue weighted by molar-refractivity contribution is 5.94. The fourth-order valence-electron chi connectivity index (χ4n) is 2.86. The summed E-state index contributed by atoms with van der Waals surface area (Å²) in [4.78, 5) is 12.4. The third kappa shape index (κ3) is 2.78. The molecule has 0 heterocycles. The number of benzene rings is 1. The van der Waals surface area contributed by atoms with Crippen LogP contribution in [0.3, 0.4) is 0 Å². The molecule has 19 heavy (non-hydrogen) atoms. The lowest BCUT2D eigenvalue weighted by Gasteiger charge is -2.26. The zero-order valence-electron chi connectivity index (χ0n) is 11.8. The van der Waals surface area contributed by atoms with Crippen LogP contribution in [0.1, 0.15) is 44.2 Å². The quantitative estimate of drug-likeness (QED) is 0.878. The Balaban J connectivity index is 2.18. The minimum absolute atomic E-state index is 0.0673. The molecule has 1 unspecified atom stereocenters. The van der Waals surface area contributed by atoms with E-state index in [2.05, 4.69) is 25.2 Å². The van der Waals surface area contributed by atoms with Gasteiger partial charge in [0.1, 0.15) is 0 Å². The van der Waals surface area contributed by atoms with Crippen LogP contribution < -0.4 is 5.32 Å². The largest absolute Gasteiger partial charge is 0.326 e. The fourth-order valence-corrected chi connectivity index (χ4v) is 2.86. The summed E-state index contributed by atoms with van der Waals surface area (Å²) in [5.74, 6) is 0.151. The number of carbonyl (C=O) groups excluding carboxylic acids is 1. The van der Waals surface area contributed by atoms with Gasteiger partial charge in [0.2, 0.25) is 5.91 Å². The molecule has 1 N–H and O–H groups in total. The average molecular weight is 256 g/mol. The van der Waals surface area contributed by atoms with Crippen molar-refractivity contribution in [3.8, 4) is 6.07 Å². The summed E-state index contributed by atoms with van der Waals surface area (Å²) in [6.07, 6.45) is 3.17. The van der Waals surface area contributed by atoms with E-state index in [1.807, 2.05) is 13.0 Å². The van der Waals surface area contributed by atoms with Crippen LogP contribution in [-0.2, 0) is 4.79 Å². The zero-order valence-corrected chi connectivity index (χ0v) is 11.8. The first kappa shape index (κ1) is 13.6. The van der Waals surface area contributed by atoms with E-state index in [4.69, 9.17) is 5.26 Å². The SMILES string of the molecule is Cc1ccc(C#N)cc1NC(=O)C1CCCC1(C)C. The van der Waals surface area contributed by atoms with Gasteiger partial charge in [-0.25, -0.2) is 0 Å². The van der Waals surface area contributed by atoms with Gasteiger partial charge >= 0.3 is 0 Å². The molecule has 100 valence electrons. The van der Waals surface area contributed by atoms with Crippen LogP contribution in [0.15, 0.2) is 18.2 Å². The van der Waals surface area contributed by atoms with Gasteiger partial charge in [0.15, 0.2) is 0 Å². The van der Waals surface area contributed by atoms with Crippen LogP contribution in [0.5, 0.6) is 0 Å². The molecule has 3 nitrogen and oxygen atoms in total. The van der Waals surface area contributed by atoms with Crippen molar-refractivity contribution in [3.63, 3.8) is 0 Å². The molecule has 1 aliphatic carbocycles. The molecule has 1 aromatic carbocycles. The summed E-state index contributed by atoms with van der Waals surface area (Å²) in [5.41, 5.74) is 2.40. The van der Waals surface area contributed by atoms with E-state index in [0.29, 0.717) is 5.56 Å². The average Bonchev–Trinajstić information content (AvgIpc) is 2.71. The fraction of sp³-hybridized carbons (Fsp3) is 0.500. The monoisotopic (exact) mass is 256 g/mol. The maximum absolute atomic E-state index is 12.4. The lowest BCUT2D eigenvalue weighted by molar-refractivity contribution is -0.122. The number of carbonyl (C=O) groups is 1. The molecule has 1 saturated carbocycles. The minimum atomic E-state index is 0.0673. The van der Waals surface area contributed by atoms with Crippen molar-refractivity contribution in [1.82, 2.24) is 0 Å². The van der Waals surface area contributed by atoms with Gasteiger partial charge in [-0.1, -0.05) is 26.3 Å². The van der Waals surface area contributed by atoms with Crippen molar-refractivity contribution in [2.24, 2.45) is 11.3 Å². The van der Waals surface area contributed by atoms with Crippen molar-refractivity contribution in [1.29, 1.82) is 5.26 Å². The first-order valence-electron chi connectivity index (χ1n) is 6.75. The maximum Gasteiger partial charge on any atom is 0.228 e. The van der Waals surface area contributed by atoms with E-state index in [9.17, 15) is 4.79 Å². The summed E-state index contributed by atoms with van der Waals surface area (Å²) >= 11 is 0. The molecule has 0 bridgehead atoms. The van der Waals surface area contributed by atoms with Gasteiger partial charge in [0, 0.05) is 11.6 Å². The van der Waals surface area contributed by atoms with Crippen LogP contribution in [0.4, 0.5) is 5.69 Å². The summed E-state index contributed by atoms with van der Waals surface area (Å²) in [5, 5.41) is 11.9. The van der Waals surface area contributed by atoms with Crippen LogP contribution in [0.25, 0.3) is 0 Å². The Morgan fingerprint density at radius 3 is 2.79 bits per heavy atom. The second-order valence-corrected chi connectivity index (χ2v) is 6.06. The Labute approximate surface area is 114 Å². The van der Waals surface area contributed by atoms with E-state index in [0.717, 1.165) is 30.5 Å². The van der Waals surface area contributed by atoms with Gasteiger partial charge in [0.25, 0.3) is 0 Å². The van der Waals surface area contributed by atoms with E-state index < -0.39 is 0 Å². The molecule has 0 aromatic heterocycles. The Morgan fingerprint density at radius 2 is 2.21 bits per heavy atom. The molecule has 0 aliphatic heterocycles. The highest BCUT2D eigenvalue weighted by atomic mass is 16.1. The highest BCUT2D eigenvalue weighted by Crippen LogP contribution is 2.43. The molecule has 1 amide bonds. The smallest absolute Gasteiger partial charge is 0.228 e. The first-order chi connectivity index (χ1) is 8.94. The minimum Gasteiger partial charge on any atom is -0.326 e. The summed E-state index contributed by atoms with van der Waals surface area (Å²) in [6.45, 7) is 6.25. The number of hydrogen-bond donors (Lipinski definition) is 1. The van der Waals surface area contributed by atoms with Crippen LogP contribution in [0, 0.1) is 29.6 Å². The standard InChI is InChI=1S/C16H20N2O/c1-11-6-7-12(10-17)9-14(11)18-15(19)13-5-4-8-16(13,2)3/h6-7,9,13H,4-5,8H2,1-3H3,(H,18,19). The second-order valence-electron chi connectivity index (χ2n) is 6.06. The topological polar surface area (TPSA) is 52.9 Å². The van der Waals surface area contributed by atoms with Crippen molar-refractivity contribution < 1.29 is 4.79 Å². The molecule has 0 saturated heterocycles. The number of amides is 1. The van der Waals surface area contributed by atoms with Crippen LogP contribution >= 0.6 is 0 Å². The third-order valence-corrected chi connectivity index (χ3v) is 4.20. The molecular formula is C16H20N2O. The molecule has 0 spiro atoms. The van der Waals surface area contributed by atoms with Crippen molar-refractivity contribution >= 4 is 11.6 Å². The van der Waals surface area contributed by atoms with Crippen molar-refractivity contribution in [3.05, 3.63) is 29.3 Å². The van der Waals surface area contributed by atoms with Gasteiger partial charge in [-0.3, -0.25) is 4.79 Å². The molecular weight excluding hydrogens is 236 g/mol. The highest BCUT2D eigenvalue weighted by Gasteiger charge is 2.39. The molecule has 1 fully saturated rings. The third-order valence-electron chi connectivity index (χ3n) is 4.20. The van der Waals surface area contributed by atoms with Crippen molar-refractivity contribution in [2.45, 2.75) is 40.0 Å². The molecule has 1 aromatic rings. The number of nitriles is 1. The van der Waals surface area contributed by atoms with E-state index in [-0.39, 0.29) is 17.2 Å². The van der Waals surface area contributed by atoms with Crippen LogP contribution in [-0.4, -0.2) is 5.91 Å². The van der Waals surface area contributed by atoms with Gasteiger partial charge in [0.05, 0.1) is 11.6 Å². The van der Waals surface area contributed by atoms with Gasteiger partial charge in [-0.2, -0.15) is 5.26 Å². The maximum atomic E-state index is 12.4. The molecule has 1 atom stereocenters. The molecule has 2 rings (SSSR count). The first-order valence-corrected chi connectivity index (χ1v) is 6.75. The second kappa shape index (κ2) is 5.05. The number of nitrogens with one attached hydrogen (secondary N) is 1. The summed E-state index contributed by atoms with van der Waals surface area (Å²) in [6, 6.07) is 7.48. The van der Waals surface area contributed by atoms with E-state index in [1.165, 1.54) is 0 Å². The molecule has 3 heteroatoms. The van der Waals surface area contributed by atoms with E-state index >= 15 is 0 Å². The Morgan fingerprint density at radius 1 is 1.47 bits per heavy atom. The Bertz CT molecular complexity index is 540. The summed E-state index contributed by atoms with van der Waals surface area (Å²) in [7, 11) is 0. The predicted molar refractivity (Wildman–Crippen MR) is 75.6 cm³/mol. The van der Waals surface area contributed by atoms with Crippen molar-refractivity contribution in [2.75, 3.05) is 5.32 Å². The van der Waals surface area contributed by atoms with E-state index in [1.54, 1.807) is 12.1 Å². The van der Waals surface area contributed by atoms with Gasteiger partial charge in [-0.15, -0.1) is 0 Å². The number of hydrogen-bond acceptors (Lipinski definition) is 2. The number of nitrogens with zero attached hydrogens (tertiary/aromatic N) is 1. The van der Waals surface area contributed by atoms with Gasteiger partial charge in [-0.05, 0) is 42.9 Å². The Hall–Kier alpha value is -1.82.